The van der Waals surface area contributed by atoms with Gasteiger partial charge >= 0.3 is 0 Å². The molecule has 2 nitrogen and oxygen atoms in total. The maximum absolute atomic E-state index is 6.26. The second-order valence-corrected chi connectivity index (χ2v) is 11.8. The molecule has 0 N–H and O–H groups in total. The van der Waals surface area contributed by atoms with Crippen LogP contribution in [0.2, 0.25) is 0 Å². The van der Waals surface area contributed by atoms with Crippen LogP contribution in [0.3, 0.4) is 0 Å². The van der Waals surface area contributed by atoms with Crippen molar-refractivity contribution in [3.05, 3.63) is 176 Å². The summed E-state index contributed by atoms with van der Waals surface area (Å²) in [5, 5.41) is 8.63. The maximum Gasteiger partial charge on any atom is 0.135 e. The molecule has 0 atom stereocenters. The first kappa shape index (κ1) is 26.3. The first-order valence-electron chi connectivity index (χ1n) is 15.7. The summed E-state index contributed by atoms with van der Waals surface area (Å²) in [6, 6.07) is 62.8. The predicted molar refractivity (Wildman–Crippen MR) is 194 cm³/mol. The zero-order chi connectivity index (χ0) is 30.5. The molecule has 0 radical (unpaired) electrons. The van der Waals surface area contributed by atoms with E-state index in [9.17, 15) is 0 Å². The zero-order valence-corrected chi connectivity index (χ0v) is 25.1. The van der Waals surface area contributed by atoms with Gasteiger partial charge in [-0.2, -0.15) is 0 Å². The summed E-state index contributed by atoms with van der Waals surface area (Å²) in [5.41, 5.74) is 7.59. The van der Waals surface area contributed by atoms with E-state index in [2.05, 4.69) is 163 Å². The van der Waals surface area contributed by atoms with E-state index in [1.807, 2.05) is 18.2 Å². The Hall–Kier alpha value is -6.12. The number of hydrogen-bond acceptors (Lipinski definition) is 2. The van der Waals surface area contributed by atoms with Gasteiger partial charge in [0.05, 0.1) is 0 Å². The molecule has 1 heterocycles. The first-order chi connectivity index (χ1) is 22.8. The van der Waals surface area contributed by atoms with Crippen molar-refractivity contribution < 1.29 is 4.42 Å². The Balaban J connectivity index is 1.14. The molecule has 1 aromatic heterocycles. The molecule has 8 aromatic carbocycles. The van der Waals surface area contributed by atoms with E-state index < -0.39 is 0 Å². The summed E-state index contributed by atoms with van der Waals surface area (Å²) in [7, 11) is 0. The van der Waals surface area contributed by atoms with Crippen LogP contribution in [0.5, 0.6) is 0 Å². The van der Waals surface area contributed by atoms with E-state index in [0.29, 0.717) is 0 Å². The van der Waals surface area contributed by atoms with Gasteiger partial charge in [0.2, 0.25) is 0 Å². The lowest BCUT2D eigenvalue weighted by Crippen LogP contribution is -2.10. The van der Waals surface area contributed by atoms with Gasteiger partial charge in [-0.3, -0.25) is 0 Å². The standard InChI is InChI=1S/C44H29NO/c1-2-10-33-27-40(24-20-30(33)8-1)45(39-13-7-12-36(28-39)44-29-37-11-4-6-15-43(37)46-44)38-22-18-31(19-23-38)34-21-25-42-35(26-34)17-16-32-9-3-5-14-41(32)42/h1-29H. The average molecular weight is 588 g/mol. The lowest BCUT2D eigenvalue weighted by molar-refractivity contribution is 0.631. The van der Waals surface area contributed by atoms with Gasteiger partial charge in [0, 0.05) is 28.0 Å². The van der Waals surface area contributed by atoms with Crippen LogP contribution >= 0.6 is 0 Å². The van der Waals surface area contributed by atoms with E-state index in [4.69, 9.17) is 4.42 Å². The third-order valence-corrected chi connectivity index (χ3v) is 9.01. The Labute approximate surface area is 267 Å². The Kier molecular flexibility index (Phi) is 6.17. The van der Waals surface area contributed by atoms with E-state index in [1.54, 1.807) is 0 Å². The Morgan fingerprint density at radius 2 is 0.978 bits per heavy atom. The molecule has 0 spiro atoms. The summed E-state index contributed by atoms with van der Waals surface area (Å²) >= 11 is 0. The number of fused-ring (bicyclic) bond motifs is 5. The van der Waals surface area contributed by atoms with Crippen LogP contribution < -0.4 is 4.90 Å². The van der Waals surface area contributed by atoms with E-state index in [-0.39, 0.29) is 0 Å². The molecule has 0 aliphatic heterocycles. The van der Waals surface area contributed by atoms with Gasteiger partial charge in [0.15, 0.2) is 0 Å². The van der Waals surface area contributed by atoms with Crippen molar-refractivity contribution in [2.75, 3.05) is 4.90 Å². The molecule has 0 saturated heterocycles. The van der Waals surface area contributed by atoms with Crippen LogP contribution in [-0.2, 0) is 0 Å². The van der Waals surface area contributed by atoms with Crippen molar-refractivity contribution in [1.29, 1.82) is 0 Å². The molecule has 0 aliphatic rings. The third-order valence-electron chi connectivity index (χ3n) is 9.01. The largest absolute Gasteiger partial charge is 0.456 e. The highest BCUT2D eigenvalue weighted by Gasteiger charge is 2.16. The second-order valence-electron chi connectivity index (χ2n) is 11.8. The van der Waals surface area contributed by atoms with Crippen LogP contribution in [0.15, 0.2) is 180 Å². The summed E-state index contributed by atoms with van der Waals surface area (Å²) in [6.07, 6.45) is 0. The molecule has 46 heavy (non-hydrogen) atoms. The highest BCUT2D eigenvalue weighted by atomic mass is 16.3. The Bertz CT molecular complexity index is 2510. The van der Waals surface area contributed by atoms with Gasteiger partial charge in [0.1, 0.15) is 11.3 Å². The number of para-hydroxylation sites is 1. The van der Waals surface area contributed by atoms with Crippen molar-refractivity contribution in [3.8, 4) is 22.5 Å². The van der Waals surface area contributed by atoms with Crippen molar-refractivity contribution in [1.82, 2.24) is 0 Å². The summed E-state index contributed by atoms with van der Waals surface area (Å²) in [5.74, 6) is 0.862. The van der Waals surface area contributed by atoms with Crippen LogP contribution in [0.25, 0.3) is 65.7 Å². The van der Waals surface area contributed by atoms with Crippen LogP contribution in [0.4, 0.5) is 17.1 Å². The predicted octanol–water partition coefficient (Wildman–Crippen LogP) is 12.7. The van der Waals surface area contributed by atoms with Crippen molar-refractivity contribution in [2.24, 2.45) is 0 Å². The average Bonchev–Trinajstić information content (AvgIpc) is 3.57. The fraction of sp³-hybridized carbons (Fsp3) is 0. The molecule has 0 bridgehead atoms. The summed E-state index contributed by atoms with van der Waals surface area (Å²) < 4.78 is 6.26. The van der Waals surface area contributed by atoms with Crippen molar-refractivity contribution >= 4 is 60.3 Å². The van der Waals surface area contributed by atoms with Crippen molar-refractivity contribution in [2.45, 2.75) is 0 Å². The molecular weight excluding hydrogens is 558 g/mol. The van der Waals surface area contributed by atoms with Gasteiger partial charge in [-0.1, -0.05) is 121 Å². The summed E-state index contributed by atoms with van der Waals surface area (Å²) in [6.45, 7) is 0. The topological polar surface area (TPSA) is 16.4 Å². The summed E-state index contributed by atoms with van der Waals surface area (Å²) in [4.78, 5) is 2.33. The number of anilines is 3. The fourth-order valence-corrected chi connectivity index (χ4v) is 6.68. The van der Waals surface area contributed by atoms with Gasteiger partial charge in [-0.25, -0.2) is 0 Å². The quantitative estimate of drug-likeness (QED) is 0.186. The second kappa shape index (κ2) is 10.8. The fourth-order valence-electron chi connectivity index (χ4n) is 6.68. The molecule has 9 rings (SSSR count). The Morgan fingerprint density at radius 1 is 0.326 bits per heavy atom. The normalized spacial score (nSPS) is 11.5. The van der Waals surface area contributed by atoms with E-state index in [0.717, 1.165) is 39.4 Å². The highest BCUT2D eigenvalue weighted by molar-refractivity contribution is 6.08. The number of furan rings is 1. The van der Waals surface area contributed by atoms with Gasteiger partial charge in [-0.15, -0.1) is 0 Å². The SMILES string of the molecule is c1cc(-c2cc3ccccc3o2)cc(N(c2ccc(-c3ccc4c(ccc5ccccc54)c3)cc2)c2ccc3ccccc3c2)c1. The number of rotatable bonds is 5. The van der Waals surface area contributed by atoms with Crippen LogP contribution in [0.1, 0.15) is 0 Å². The molecule has 0 amide bonds. The van der Waals surface area contributed by atoms with Crippen LogP contribution in [-0.4, -0.2) is 0 Å². The van der Waals surface area contributed by atoms with Gasteiger partial charge in [-0.05, 0) is 98.0 Å². The number of nitrogens with zero attached hydrogens (tertiary/aromatic N) is 1. The molecule has 0 unspecified atom stereocenters. The molecule has 2 heteroatoms. The molecule has 0 fully saturated rings. The lowest BCUT2D eigenvalue weighted by atomic mass is 9.97. The molecule has 0 aliphatic carbocycles. The molecule has 216 valence electrons. The Morgan fingerprint density at radius 3 is 1.85 bits per heavy atom. The molecule has 0 saturated carbocycles. The van der Waals surface area contributed by atoms with Gasteiger partial charge < -0.3 is 9.32 Å². The van der Waals surface area contributed by atoms with Crippen molar-refractivity contribution in [3.63, 3.8) is 0 Å². The minimum absolute atomic E-state index is 0.862. The smallest absolute Gasteiger partial charge is 0.135 e. The number of benzene rings is 8. The van der Waals surface area contributed by atoms with E-state index >= 15 is 0 Å². The first-order valence-corrected chi connectivity index (χ1v) is 15.7. The van der Waals surface area contributed by atoms with Crippen LogP contribution in [0, 0.1) is 0 Å². The van der Waals surface area contributed by atoms with Gasteiger partial charge in [0.25, 0.3) is 0 Å². The highest BCUT2D eigenvalue weighted by Crippen LogP contribution is 2.39. The third kappa shape index (κ3) is 4.60. The molecular formula is C44H29NO. The zero-order valence-electron chi connectivity index (χ0n) is 25.1. The number of hydrogen-bond donors (Lipinski definition) is 0. The minimum atomic E-state index is 0.862. The molecule has 9 aromatic rings. The van der Waals surface area contributed by atoms with E-state index in [1.165, 1.54) is 43.4 Å². The maximum atomic E-state index is 6.26. The minimum Gasteiger partial charge on any atom is -0.456 e. The lowest BCUT2D eigenvalue weighted by Gasteiger charge is -2.26. The monoisotopic (exact) mass is 587 g/mol.